The zero-order valence-corrected chi connectivity index (χ0v) is 35.1. The molecule has 10 nitrogen and oxygen atoms in total. The Labute approximate surface area is 358 Å². The van der Waals surface area contributed by atoms with E-state index in [9.17, 15) is 22.8 Å². The van der Waals surface area contributed by atoms with Crippen molar-refractivity contribution in [3.05, 3.63) is 125 Å². The van der Waals surface area contributed by atoms with Crippen LogP contribution in [0.15, 0.2) is 102 Å². The van der Waals surface area contributed by atoms with Crippen molar-refractivity contribution < 1.29 is 37.4 Å². The topological polar surface area (TPSA) is 125 Å². The Morgan fingerprint density at radius 3 is 2.00 bits per heavy atom. The highest BCUT2D eigenvalue weighted by Gasteiger charge is 2.38. The minimum atomic E-state index is -5.08. The Balaban J connectivity index is 0.000000819. The Bertz CT molecular complexity index is 2200. The number of hydrogen-bond acceptors (Lipinski definition) is 8. The molecular formula is C47H52F3N5O5S. The van der Waals surface area contributed by atoms with Gasteiger partial charge in [0.15, 0.2) is 0 Å². The van der Waals surface area contributed by atoms with Crippen molar-refractivity contribution >= 4 is 29.3 Å². The molecule has 1 aromatic heterocycles. The average molecular weight is 856 g/mol. The third-order valence-electron chi connectivity index (χ3n) is 11.4. The molecule has 0 saturated carbocycles. The van der Waals surface area contributed by atoms with Crippen LogP contribution in [0.3, 0.4) is 0 Å². The molecule has 2 fully saturated rings. The molecule has 3 heterocycles. The summed E-state index contributed by atoms with van der Waals surface area (Å²) in [7, 11) is 1.64. The normalized spacial score (nSPS) is 14.8. The lowest BCUT2D eigenvalue weighted by molar-refractivity contribution is -0.192. The number of halogens is 3. The third kappa shape index (κ3) is 13.4. The first-order valence-corrected chi connectivity index (χ1v) is 21.6. The number of nitrogens with one attached hydrogen (secondary N) is 1. The smallest absolute Gasteiger partial charge is 0.490 e. The van der Waals surface area contributed by atoms with Crippen molar-refractivity contribution in [1.29, 1.82) is 0 Å². The van der Waals surface area contributed by atoms with Crippen LogP contribution < -0.4 is 10.1 Å². The van der Waals surface area contributed by atoms with Crippen molar-refractivity contribution in [2.75, 3.05) is 33.3 Å². The van der Waals surface area contributed by atoms with E-state index in [1.165, 1.54) is 56.7 Å². The fourth-order valence-corrected chi connectivity index (χ4v) is 8.48. The lowest BCUT2D eigenvalue weighted by atomic mass is 9.87. The highest BCUT2D eigenvalue weighted by Crippen LogP contribution is 2.29. The van der Waals surface area contributed by atoms with Gasteiger partial charge in [-0.2, -0.15) is 13.2 Å². The molecule has 0 spiro atoms. The largest absolute Gasteiger partial charge is 0.497 e. The molecule has 4 aromatic carbocycles. The molecule has 14 heteroatoms. The van der Waals surface area contributed by atoms with Crippen LogP contribution in [0.1, 0.15) is 72.0 Å². The summed E-state index contributed by atoms with van der Waals surface area (Å²) >= 11 is 1.32. The van der Waals surface area contributed by atoms with Crippen LogP contribution in [0.4, 0.5) is 13.2 Å². The minimum Gasteiger partial charge on any atom is -0.497 e. The molecule has 2 aliphatic rings. The van der Waals surface area contributed by atoms with Gasteiger partial charge in [0.1, 0.15) is 11.4 Å². The van der Waals surface area contributed by atoms with E-state index < -0.39 is 12.1 Å². The van der Waals surface area contributed by atoms with E-state index in [0.717, 1.165) is 88.2 Å². The summed E-state index contributed by atoms with van der Waals surface area (Å²) in [6.45, 7) is 4.89. The molecule has 7 rings (SSSR count). The van der Waals surface area contributed by atoms with E-state index in [4.69, 9.17) is 14.6 Å². The highest BCUT2D eigenvalue weighted by atomic mass is 32.1. The minimum absolute atomic E-state index is 0.0209. The van der Waals surface area contributed by atoms with Gasteiger partial charge in [0.05, 0.1) is 13.5 Å². The number of carbonyl (C=O) groups excluding carboxylic acids is 2. The number of carbonyl (C=O) groups is 3. The summed E-state index contributed by atoms with van der Waals surface area (Å²) in [4.78, 5) is 40.6. The van der Waals surface area contributed by atoms with Gasteiger partial charge in [-0.05, 0) is 126 Å². The number of benzene rings is 4. The fraction of sp³-hybridized carbons (Fsp3) is 0.383. The lowest BCUT2D eigenvalue weighted by Gasteiger charge is -2.32. The Morgan fingerprint density at radius 2 is 1.38 bits per heavy atom. The van der Waals surface area contributed by atoms with Gasteiger partial charge in [-0.3, -0.25) is 9.59 Å². The SMILES string of the molecule is COc1cccc(CC(=O)N(Cc2cccc(-c3cccc(C(=O)N4CCC(CCCC5CCNCC5)CC4)c3)c2)Cc2cccc(-c3csnn3)c2)c1.O=C(O)C(F)(F)F. The number of ether oxygens (including phenoxy) is 1. The number of nitrogens with zero attached hydrogens (tertiary/aromatic N) is 4. The van der Waals surface area contributed by atoms with E-state index in [1.807, 2.05) is 81.9 Å². The number of amides is 2. The van der Waals surface area contributed by atoms with Crippen molar-refractivity contribution in [1.82, 2.24) is 24.7 Å². The van der Waals surface area contributed by atoms with Crippen LogP contribution in [0.5, 0.6) is 5.75 Å². The zero-order valence-electron chi connectivity index (χ0n) is 34.3. The van der Waals surface area contributed by atoms with Crippen LogP contribution in [-0.4, -0.2) is 81.7 Å². The maximum atomic E-state index is 14.0. The molecule has 5 aromatic rings. The fourth-order valence-electron chi connectivity index (χ4n) is 8.02. The number of hydrogen-bond donors (Lipinski definition) is 2. The van der Waals surface area contributed by atoms with Crippen LogP contribution in [0.2, 0.25) is 0 Å². The summed E-state index contributed by atoms with van der Waals surface area (Å²) < 4.78 is 41.2. The Kier molecular flexibility index (Phi) is 16.0. The lowest BCUT2D eigenvalue weighted by Crippen LogP contribution is -2.38. The van der Waals surface area contributed by atoms with Crippen LogP contribution in [0, 0.1) is 11.8 Å². The number of piperidine rings is 2. The molecule has 0 unspecified atom stereocenters. The summed E-state index contributed by atoms with van der Waals surface area (Å²) in [6.07, 6.45) is 3.97. The molecule has 0 bridgehead atoms. The summed E-state index contributed by atoms with van der Waals surface area (Å²) in [5.74, 6) is -0.271. The second-order valence-corrected chi connectivity index (χ2v) is 16.3. The highest BCUT2D eigenvalue weighted by molar-refractivity contribution is 7.03. The van der Waals surface area contributed by atoms with Gasteiger partial charge >= 0.3 is 12.1 Å². The van der Waals surface area contributed by atoms with Gasteiger partial charge in [0, 0.05) is 42.7 Å². The van der Waals surface area contributed by atoms with E-state index >= 15 is 0 Å². The number of methoxy groups -OCH3 is 1. The number of aromatic nitrogens is 2. The predicted molar refractivity (Wildman–Crippen MR) is 230 cm³/mol. The van der Waals surface area contributed by atoms with Crippen LogP contribution in [-0.2, 0) is 29.1 Å². The maximum Gasteiger partial charge on any atom is 0.490 e. The van der Waals surface area contributed by atoms with Gasteiger partial charge in [0.25, 0.3) is 5.91 Å². The summed E-state index contributed by atoms with van der Waals surface area (Å²) in [5.41, 5.74) is 7.49. The molecular weight excluding hydrogens is 804 g/mol. The van der Waals surface area contributed by atoms with Gasteiger partial charge in [-0.15, -0.1) is 5.10 Å². The first-order valence-electron chi connectivity index (χ1n) is 20.7. The second-order valence-electron chi connectivity index (χ2n) is 15.7. The zero-order chi connectivity index (χ0) is 43.2. The first kappa shape index (κ1) is 44.9. The van der Waals surface area contributed by atoms with E-state index in [0.29, 0.717) is 13.1 Å². The van der Waals surface area contributed by atoms with Crippen LogP contribution in [0.25, 0.3) is 22.4 Å². The Morgan fingerprint density at radius 1 is 0.803 bits per heavy atom. The molecule has 61 heavy (non-hydrogen) atoms. The molecule has 0 atom stereocenters. The number of likely N-dealkylation sites (tertiary alicyclic amines) is 1. The predicted octanol–water partition coefficient (Wildman–Crippen LogP) is 9.31. The summed E-state index contributed by atoms with van der Waals surface area (Å²) in [6, 6.07) is 32.2. The number of aliphatic carboxylic acids is 1. The number of rotatable bonds is 14. The second kappa shape index (κ2) is 21.8. The molecule has 2 aliphatic heterocycles. The van der Waals surface area contributed by atoms with E-state index in [1.54, 1.807) is 7.11 Å². The van der Waals surface area contributed by atoms with Gasteiger partial charge in [0.2, 0.25) is 5.91 Å². The van der Waals surface area contributed by atoms with Crippen molar-refractivity contribution in [3.8, 4) is 28.1 Å². The molecule has 2 amide bonds. The van der Waals surface area contributed by atoms with Gasteiger partial charge in [-0.1, -0.05) is 84.4 Å². The molecule has 0 aliphatic carbocycles. The van der Waals surface area contributed by atoms with Gasteiger partial charge in [-0.25, -0.2) is 4.79 Å². The number of carboxylic acid groups (broad SMARTS) is 1. The average Bonchev–Trinajstić information content (AvgIpc) is 3.83. The van der Waals surface area contributed by atoms with Gasteiger partial charge < -0.3 is 25.0 Å². The van der Waals surface area contributed by atoms with Crippen molar-refractivity contribution in [2.45, 2.75) is 70.6 Å². The van der Waals surface area contributed by atoms with Crippen molar-refractivity contribution in [2.24, 2.45) is 11.8 Å². The summed E-state index contributed by atoms with van der Waals surface area (Å²) in [5, 5.41) is 16.8. The Hall–Kier alpha value is -5.60. The molecule has 0 radical (unpaired) electrons. The molecule has 322 valence electrons. The molecule has 2 saturated heterocycles. The van der Waals surface area contributed by atoms with E-state index in [2.05, 4.69) is 45.2 Å². The van der Waals surface area contributed by atoms with Crippen LogP contribution >= 0.6 is 11.5 Å². The monoisotopic (exact) mass is 855 g/mol. The molecule has 2 N–H and O–H groups in total. The quantitative estimate of drug-likeness (QED) is 0.113. The number of carboxylic acids is 1. The van der Waals surface area contributed by atoms with Crippen molar-refractivity contribution in [3.63, 3.8) is 0 Å². The third-order valence-corrected chi connectivity index (χ3v) is 11.9. The number of alkyl halides is 3. The standard InChI is InChI=1S/C45H51N5O3S.C2HF3O2/c1-53-42-16-5-9-35(27-42)28-44(51)50(31-37-11-4-14-40(26-37)43-32-54-48-47-43)30-36-10-3-12-38(25-36)39-13-6-15-41(29-39)45(52)49-23-19-34(20-24-49)8-2-7-33-17-21-46-22-18-33;3-2(4,5)1(6)7/h3-6,9-16,25-27,29,32-34,46H,2,7-8,17-24,28,30-31H2,1H3;(H,6,7). The first-order chi connectivity index (χ1) is 29.4. The van der Waals surface area contributed by atoms with E-state index in [-0.39, 0.29) is 18.2 Å². The maximum absolute atomic E-state index is 14.0.